The molecule has 1 saturated carbocycles. The van der Waals surface area contributed by atoms with Gasteiger partial charge in [0.1, 0.15) is 0 Å². The molecule has 140 valence electrons. The quantitative estimate of drug-likeness (QED) is 0.727. The van der Waals surface area contributed by atoms with Gasteiger partial charge in [-0.3, -0.25) is 4.79 Å². The Morgan fingerprint density at radius 3 is 2.88 bits per heavy atom. The Morgan fingerprint density at radius 1 is 1.27 bits per heavy atom. The fraction of sp³-hybridized carbons (Fsp3) is 0.524. The first-order chi connectivity index (χ1) is 12.7. The van der Waals surface area contributed by atoms with E-state index in [0.717, 1.165) is 17.7 Å². The summed E-state index contributed by atoms with van der Waals surface area (Å²) in [5.41, 5.74) is 0.991. The van der Waals surface area contributed by atoms with Crippen molar-refractivity contribution in [2.45, 2.75) is 51.6 Å². The molecule has 0 spiro atoms. The Balaban J connectivity index is 1.33. The molecule has 1 heterocycles. The highest BCUT2D eigenvalue weighted by Crippen LogP contribution is 2.26. The van der Waals surface area contributed by atoms with Crippen LogP contribution in [0.2, 0.25) is 0 Å². The fourth-order valence-corrected chi connectivity index (χ4v) is 3.40. The first-order valence-corrected chi connectivity index (χ1v) is 9.61. The van der Waals surface area contributed by atoms with Crippen molar-refractivity contribution in [3.8, 4) is 11.3 Å². The molecule has 26 heavy (non-hydrogen) atoms. The Bertz CT molecular complexity index is 684. The predicted molar refractivity (Wildman–Crippen MR) is 101 cm³/mol. The SMILES string of the molecule is CC1CCCCC1OCCNC(=O)CCc1ncc(-c2ccccc2)o1. The number of nitrogens with one attached hydrogen (secondary N) is 1. The molecule has 1 aromatic carbocycles. The second-order valence-corrected chi connectivity index (χ2v) is 7.01. The van der Waals surface area contributed by atoms with Crippen molar-refractivity contribution in [3.63, 3.8) is 0 Å². The van der Waals surface area contributed by atoms with Gasteiger partial charge in [-0.25, -0.2) is 4.98 Å². The number of benzene rings is 1. The molecule has 1 aliphatic carbocycles. The Labute approximate surface area is 155 Å². The van der Waals surface area contributed by atoms with Gasteiger partial charge in [0.25, 0.3) is 0 Å². The summed E-state index contributed by atoms with van der Waals surface area (Å²) in [7, 11) is 0. The summed E-state index contributed by atoms with van der Waals surface area (Å²) in [6, 6.07) is 9.83. The molecule has 0 saturated heterocycles. The zero-order chi connectivity index (χ0) is 18.2. The van der Waals surface area contributed by atoms with Crippen LogP contribution in [0.3, 0.4) is 0 Å². The number of rotatable bonds is 8. The molecular weight excluding hydrogens is 328 g/mol. The van der Waals surface area contributed by atoms with Gasteiger partial charge in [-0.1, -0.05) is 50.1 Å². The van der Waals surface area contributed by atoms with Crippen molar-refractivity contribution in [3.05, 3.63) is 42.4 Å². The van der Waals surface area contributed by atoms with E-state index in [0.29, 0.717) is 43.9 Å². The molecule has 2 aromatic rings. The van der Waals surface area contributed by atoms with Gasteiger partial charge in [-0.05, 0) is 18.8 Å². The fourth-order valence-electron chi connectivity index (χ4n) is 3.40. The highest BCUT2D eigenvalue weighted by Gasteiger charge is 2.21. The maximum atomic E-state index is 12.0. The first kappa shape index (κ1) is 18.6. The Hall–Kier alpha value is -2.14. The highest BCUT2D eigenvalue weighted by molar-refractivity contribution is 5.76. The molecule has 5 heteroatoms. The van der Waals surface area contributed by atoms with E-state index in [2.05, 4.69) is 17.2 Å². The normalized spacial score (nSPS) is 20.0. The topological polar surface area (TPSA) is 64.4 Å². The summed E-state index contributed by atoms with van der Waals surface area (Å²) in [4.78, 5) is 16.2. The number of carbonyl (C=O) groups excluding carboxylic acids is 1. The van der Waals surface area contributed by atoms with Crippen LogP contribution < -0.4 is 5.32 Å². The number of carbonyl (C=O) groups is 1. The smallest absolute Gasteiger partial charge is 0.220 e. The lowest BCUT2D eigenvalue weighted by molar-refractivity contribution is -0.121. The molecule has 1 fully saturated rings. The van der Waals surface area contributed by atoms with Crippen molar-refractivity contribution in [2.75, 3.05) is 13.2 Å². The van der Waals surface area contributed by atoms with Gasteiger partial charge in [-0.15, -0.1) is 0 Å². The van der Waals surface area contributed by atoms with Gasteiger partial charge in [0, 0.05) is 24.9 Å². The zero-order valence-corrected chi connectivity index (χ0v) is 15.4. The predicted octanol–water partition coefficient (Wildman–Crippen LogP) is 3.99. The highest BCUT2D eigenvalue weighted by atomic mass is 16.5. The summed E-state index contributed by atoms with van der Waals surface area (Å²) < 4.78 is 11.6. The van der Waals surface area contributed by atoms with Crippen molar-refractivity contribution in [1.82, 2.24) is 10.3 Å². The molecule has 1 aromatic heterocycles. The van der Waals surface area contributed by atoms with Gasteiger partial charge < -0.3 is 14.5 Å². The van der Waals surface area contributed by atoms with Gasteiger partial charge in [0.2, 0.25) is 5.91 Å². The summed E-state index contributed by atoms with van der Waals surface area (Å²) in [5.74, 6) is 1.95. The minimum Gasteiger partial charge on any atom is -0.441 e. The van der Waals surface area contributed by atoms with Crippen LogP contribution in [-0.4, -0.2) is 30.1 Å². The van der Waals surface area contributed by atoms with Crippen LogP contribution in [0.5, 0.6) is 0 Å². The largest absolute Gasteiger partial charge is 0.441 e. The van der Waals surface area contributed by atoms with Crippen LogP contribution in [0.4, 0.5) is 0 Å². The molecule has 3 rings (SSSR count). The zero-order valence-electron chi connectivity index (χ0n) is 15.4. The lowest BCUT2D eigenvalue weighted by Gasteiger charge is -2.28. The lowest BCUT2D eigenvalue weighted by Crippen LogP contribution is -2.31. The molecule has 1 N–H and O–H groups in total. The minimum absolute atomic E-state index is 0.00440. The van der Waals surface area contributed by atoms with Crippen molar-refractivity contribution in [1.29, 1.82) is 0 Å². The van der Waals surface area contributed by atoms with Gasteiger partial charge in [0.15, 0.2) is 11.7 Å². The first-order valence-electron chi connectivity index (χ1n) is 9.61. The van der Waals surface area contributed by atoms with Crippen LogP contribution >= 0.6 is 0 Å². The van der Waals surface area contributed by atoms with Gasteiger partial charge >= 0.3 is 0 Å². The third-order valence-corrected chi connectivity index (χ3v) is 4.97. The lowest BCUT2D eigenvalue weighted by atomic mass is 9.88. The van der Waals surface area contributed by atoms with E-state index in [9.17, 15) is 4.79 Å². The minimum atomic E-state index is 0.00440. The number of amides is 1. The maximum absolute atomic E-state index is 12.0. The monoisotopic (exact) mass is 356 g/mol. The van der Waals surface area contributed by atoms with Crippen LogP contribution in [0.15, 0.2) is 40.9 Å². The van der Waals surface area contributed by atoms with Gasteiger partial charge in [-0.2, -0.15) is 0 Å². The van der Waals surface area contributed by atoms with Crippen molar-refractivity contribution < 1.29 is 13.9 Å². The van der Waals surface area contributed by atoms with E-state index in [-0.39, 0.29) is 5.91 Å². The second-order valence-electron chi connectivity index (χ2n) is 7.01. The van der Waals surface area contributed by atoms with Crippen LogP contribution in [0.1, 0.15) is 44.9 Å². The molecular formula is C21H28N2O3. The Morgan fingerprint density at radius 2 is 2.08 bits per heavy atom. The number of aromatic nitrogens is 1. The molecule has 0 bridgehead atoms. The molecule has 5 nitrogen and oxygen atoms in total. The standard InChI is InChI=1S/C21H28N2O3/c1-16-7-5-6-10-18(16)25-14-13-22-20(24)11-12-21-23-15-19(26-21)17-8-3-2-4-9-17/h2-4,8-9,15-16,18H,5-7,10-14H2,1H3,(H,22,24). The van der Waals surface area contributed by atoms with E-state index in [1.165, 1.54) is 19.3 Å². The van der Waals surface area contributed by atoms with Crippen LogP contribution in [0.25, 0.3) is 11.3 Å². The summed E-state index contributed by atoms with van der Waals surface area (Å²) >= 11 is 0. The molecule has 2 atom stereocenters. The summed E-state index contributed by atoms with van der Waals surface area (Å²) in [5, 5.41) is 2.91. The molecule has 2 unspecified atom stereocenters. The molecule has 0 aliphatic heterocycles. The number of oxazole rings is 1. The van der Waals surface area contributed by atoms with Crippen LogP contribution in [0, 0.1) is 5.92 Å². The molecule has 1 amide bonds. The number of nitrogens with zero attached hydrogens (tertiary/aromatic N) is 1. The Kier molecular flexibility index (Phi) is 6.83. The van der Waals surface area contributed by atoms with E-state index in [4.69, 9.17) is 9.15 Å². The second kappa shape index (κ2) is 9.53. The number of hydrogen-bond donors (Lipinski definition) is 1. The third kappa shape index (κ3) is 5.43. The van der Waals surface area contributed by atoms with Gasteiger partial charge in [0.05, 0.1) is 18.9 Å². The van der Waals surface area contributed by atoms with E-state index >= 15 is 0 Å². The third-order valence-electron chi connectivity index (χ3n) is 4.97. The van der Waals surface area contributed by atoms with Crippen molar-refractivity contribution >= 4 is 5.91 Å². The maximum Gasteiger partial charge on any atom is 0.220 e. The van der Waals surface area contributed by atoms with Crippen LogP contribution in [-0.2, 0) is 16.0 Å². The summed E-state index contributed by atoms with van der Waals surface area (Å²) in [6.45, 7) is 3.39. The van der Waals surface area contributed by atoms with E-state index < -0.39 is 0 Å². The molecule has 1 aliphatic rings. The number of hydrogen-bond acceptors (Lipinski definition) is 4. The van der Waals surface area contributed by atoms with Crippen molar-refractivity contribution in [2.24, 2.45) is 5.92 Å². The molecule has 0 radical (unpaired) electrons. The number of ether oxygens (including phenoxy) is 1. The average molecular weight is 356 g/mol. The average Bonchev–Trinajstić information content (AvgIpc) is 3.15. The summed E-state index contributed by atoms with van der Waals surface area (Å²) in [6.07, 6.45) is 7.88. The van der Waals surface area contributed by atoms with E-state index in [1.54, 1.807) is 6.20 Å². The van der Waals surface area contributed by atoms with E-state index in [1.807, 2.05) is 30.3 Å². The number of aryl methyl sites for hydroxylation is 1.